The largest absolute Gasteiger partial charge is 0.480 e. The van der Waals surface area contributed by atoms with Crippen LogP contribution in [0.3, 0.4) is 0 Å². The van der Waals surface area contributed by atoms with Gasteiger partial charge in [-0.1, -0.05) is 48.2 Å². The number of carbonyl (C=O) groups is 2. The summed E-state index contributed by atoms with van der Waals surface area (Å²) in [5.74, 6) is -0.686. The lowest BCUT2D eigenvalue weighted by Crippen LogP contribution is -2.44. The van der Waals surface area contributed by atoms with Gasteiger partial charge in [0.2, 0.25) is 0 Å². The molecule has 0 radical (unpaired) electrons. The average molecular weight is 368 g/mol. The van der Waals surface area contributed by atoms with Gasteiger partial charge in [0.05, 0.1) is 4.91 Å². The molecule has 0 aliphatic carbocycles. The molecule has 7 heteroatoms. The van der Waals surface area contributed by atoms with Gasteiger partial charge in [0.25, 0.3) is 5.91 Å². The second-order valence-electron chi connectivity index (χ2n) is 5.04. The van der Waals surface area contributed by atoms with Gasteiger partial charge in [-0.25, -0.2) is 4.79 Å². The summed E-state index contributed by atoms with van der Waals surface area (Å²) in [5.41, 5.74) is 1.99. The van der Waals surface area contributed by atoms with E-state index in [1.54, 1.807) is 17.8 Å². The fourth-order valence-corrected chi connectivity index (χ4v) is 4.04. The van der Waals surface area contributed by atoms with Gasteiger partial charge in [-0.2, -0.15) is 11.8 Å². The number of carboxylic acids is 1. The highest BCUT2D eigenvalue weighted by molar-refractivity contribution is 8.26. The summed E-state index contributed by atoms with van der Waals surface area (Å²) >= 11 is 7.96. The molecular formula is C16H17NO3S3. The van der Waals surface area contributed by atoms with Crippen LogP contribution in [0.4, 0.5) is 0 Å². The zero-order valence-corrected chi connectivity index (χ0v) is 15.3. The highest BCUT2D eigenvalue weighted by atomic mass is 32.2. The third-order valence-corrected chi connectivity index (χ3v) is 5.47. The van der Waals surface area contributed by atoms with E-state index in [2.05, 4.69) is 0 Å². The molecule has 0 aromatic heterocycles. The van der Waals surface area contributed by atoms with Crippen LogP contribution in [-0.2, 0) is 9.59 Å². The first-order valence-corrected chi connectivity index (χ1v) is 9.62. The summed E-state index contributed by atoms with van der Waals surface area (Å²) in [7, 11) is 0. The zero-order valence-electron chi connectivity index (χ0n) is 12.8. The minimum atomic E-state index is -1.02. The summed E-state index contributed by atoms with van der Waals surface area (Å²) in [6, 6.07) is 6.81. The van der Waals surface area contributed by atoms with Crippen LogP contribution in [0.2, 0.25) is 0 Å². The molecule has 0 saturated carbocycles. The molecule has 1 unspecified atom stereocenters. The second-order valence-corrected chi connectivity index (χ2v) is 7.71. The molecule has 1 aliphatic heterocycles. The molecule has 1 aromatic carbocycles. The molecule has 1 saturated heterocycles. The Hall–Kier alpha value is -1.31. The number of aliphatic carboxylic acids is 1. The maximum Gasteiger partial charge on any atom is 0.326 e. The topological polar surface area (TPSA) is 57.6 Å². The Labute approximate surface area is 149 Å². The minimum absolute atomic E-state index is 0.309. The number of hydrogen-bond donors (Lipinski definition) is 1. The molecule has 0 spiro atoms. The van der Waals surface area contributed by atoms with Crippen molar-refractivity contribution in [1.82, 2.24) is 4.90 Å². The van der Waals surface area contributed by atoms with Crippen molar-refractivity contribution in [1.29, 1.82) is 0 Å². The molecule has 1 aromatic rings. The first-order chi connectivity index (χ1) is 11.0. The summed E-state index contributed by atoms with van der Waals surface area (Å²) in [5, 5.41) is 9.42. The number of thiocarbonyl (C=S) groups is 1. The molecule has 2 rings (SSSR count). The van der Waals surface area contributed by atoms with Crippen LogP contribution >= 0.6 is 35.7 Å². The lowest BCUT2D eigenvalue weighted by Gasteiger charge is -2.22. The molecule has 122 valence electrons. The van der Waals surface area contributed by atoms with Crippen molar-refractivity contribution in [3.63, 3.8) is 0 Å². The number of hydrogen-bond acceptors (Lipinski definition) is 5. The Kier molecular flexibility index (Phi) is 6.26. The van der Waals surface area contributed by atoms with Gasteiger partial charge in [-0.3, -0.25) is 9.69 Å². The molecule has 1 N–H and O–H groups in total. The van der Waals surface area contributed by atoms with Crippen LogP contribution < -0.4 is 0 Å². The van der Waals surface area contributed by atoms with E-state index < -0.39 is 12.0 Å². The Bertz CT molecular complexity index is 672. The van der Waals surface area contributed by atoms with Crippen LogP contribution in [0, 0.1) is 6.92 Å². The van der Waals surface area contributed by atoms with Crippen molar-refractivity contribution in [2.75, 3.05) is 12.0 Å². The van der Waals surface area contributed by atoms with E-state index >= 15 is 0 Å². The smallest absolute Gasteiger partial charge is 0.326 e. The number of aryl methyl sites for hydroxylation is 1. The lowest BCUT2D eigenvalue weighted by molar-refractivity contribution is -0.145. The van der Waals surface area contributed by atoms with Gasteiger partial charge < -0.3 is 5.11 Å². The summed E-state index contributed by atoms with van der Waals surface area (Å²) in [4.78, 5) is 25.8. The molecular weight excluding hydrogens is 350 g/mol. The molecule has 1 aliphatic rings. The van der Waals surface area contributed by atoms with E-state index in [0.717, 1.165) is 22.9 Å². The maximum atomic E-state index is 12.6. The van der Waals surface area contributed by atoms with E-state index in [0.29, 0.717) is 21.4 Å². The predicted molar refractivity (Wildman–Crippen MR) is 101 cm³/mol. The van der Waals surface area contributed by atoms with Crippen LogP contribution in [0.5, 0.6) is 0 Å². The van der Waals surface area contributed by atoms with E-state index in [9.17, 15) is 14.7 Å². The van der Waals surface area contributed by atoms with Gasteiger partial charge >= 0.3 is 5.97 Å². The van der Waals surface area contributed by atoms with Crippen LogP contribution in [0.25, 0.3) is 6.08 Å². The minimum Gasteiger partial charge on any atom is -0.480 e. The Balaban J connectivity index is 2.29. The first-order valence-electron chi connectivity index (χ1n) is 7.00. The van der Waals surface area contributed by atoms with E-state index in [1.807, 2.05) is 37.4 Å². The molecule has 23 heavy (non-hydrogen) atoms. The number of amides is 1. The number of rotatable bonds is 6. The third-order valence-electron chi connectivity index (χ3n) is 3.49. The van der Waals surface area contributed by atoms with Gasteiger partial charge in [0, 0.05) is 0 Å². The molecule has 4 nitrogen and oxygen atoms in total. The van der Waals surface area contributed by atoms with E-state index in [-0.39, 0.29) is 5.91 Å². The highest BCUT2D eigenvalue weighted by Crippen LogP contribution is 2.35. The standard InChI is InChI=1S/C16H17NO3S3/c1-10-5-3-4-6-11(10)9-13-14(18)17(16(21)23-13)12(15(19)20)7-8-22-2/h3-6,9,12H,7-8H2,1-2H3,(H,19,20)/b13-9-. The van der Waals surface area contributed by atoms with Crippen molar-refractivity contribution in [2.45, 2.75) is 19.4 Å². The van der Waals surface area contributed by atoms with Gasteiger partial charge in [-0.15, -0.1) is 0 Å². The Morgan fingerprint density at radius 1 is 1.48 bits per heavy atom. The van der Waals surface area contributed by atoms with Gasteiger partial charge in [-0.05, 0) is 42.6 Å². The van der Waals surface area contributed by atoms with Crippen LogP contribution in [0.15, 0.2) is 29.2 Å². The molecule has 0 bridgehead atoms. The van der Waals surface area contributed by atoms with Gasteiger partial charge in [0.1, 0.15) is 10.4 Å². The Morgan fingerprint density at radius 2 is 2.17 bits per heavy atom. The van der Waals surface area contributed by atoms with Crippen molar-refractivity contribution < 1.29 is 14.7 Å². The first kappa shape index (κ1) is 18.0. The van der Waals surface area contributed by atoms with E-state index in [4.69, 9.17) is 12.2 Å². The molecule has 1 fully saturated rings. The summed E-state index contributed by atoms with van der Waals surface area (Å²) in [6.07, 6.45) is 4.06. The fraction of sp³-hybridized carbons (Fsp3) is 0.312. The van der Waals surface area contributed by atoms with Crippen molar-refractivity contribution in [3.05, 3.63) is 40.3 Å². The van der Waals surface area contributed by atoms with Crippen molar-refractivity contribution in [2.24, 2.45) is 0 Å². The number of thioether (sulfide) groups is 2. The molecule has 1 atom stereocenters. The number of benzene rings is 1. The van der Waals surface area contributed by atoms with Crippen LogP contribution in [-0.4, -0.2) is 44.3 Å². The monoisotopic (exact) mass is 367 g/mol. The number of carbonyl (C=O) groups excluding carboxylic acids is 1. The normalized spacial score (nSPS) is 17.8. The number of carboxylic acid groups (broad SMARTS) is 1. The highest BCUT2D eigenvalue weighted by Gasteiger charge is 2.40. The molecule has 1 amide bonds. The Morgan fingerprint density at radius 3 is 2.78 bits per heavy atom. The predicted octanol–water partition coefficient (Wildman–Crippen LogP) is 3.40. The van der Waals surface area contributed by atoms with E-state index in [1.165, 1.54) is 4.90 Å². The quantitative estimate of drug-likeness (QED) is 0.614. The SMILES string of the molecule is CSCCC(C(=O)O)N1C(=O)/C(=C/c2ccccc2C)SC1=S. The third kappa shape index (κ3) is 4.16. The maximum absolute atomic E-state index is 12.6. The lowest BCUT2D eigenvalue weighted by atomic mass is 10.1. The van der Waals surface area contributed by atoms with Crippen LogP contribution in [0.1, 0.15) is 17.5 Å². The van der Waals surface area contributed by atoms with Crippen molar-refractivity contribution in [3.8, 4) is 0 Å². The zero-order chi connectivity index (χ0) is 17.0. The van der Waals surface area contributed by atoms with Gasteiger partial charge in [0.15, 0.2) is 0 Å². The molecule has 1 heterocycles. The fourth-order valence-electron chi connectivity index (χ4n) is 2.23. The summed E-state index contributed by atoms with van der Waals surface area (Å²) in [6.45, 7) is 1.96. The average Bonchev–Trinajstić information content (AvgIpc) is 2.77. The second kappa shape index (κ2) is 7.99. The van der Waals surface area contributed by atoms with Crippen molar-refractivity contribution >= 4 is 58.0 Å². The summed E-state index contributed by atoms with van der Waals surface area (Å²) < 4.78 is 0.309. The number of nitrogens with zero attached hydrogens (tertiary/aromatic N) is 1.